The summed E-state index contributed by atoms with van der Waals surface area (Å²) in [7, 11) is 0. The third-order valence-corrected chi connectivity index (χ3v) is 5.11. The first kappa shape index (κ1) is 19.0. The van der Waals surface area contributed by atoms with Gasteiger partial charge in [0.25, 0.3) is 0 Å². The van der Waals surface area contributed by atoms with E-state index in [4.69, 9.17) is 0 Å². The van der Waals surface area contributed by atoms with E-state index in [1.807, 2.05) is 0 Å². The van der Waals surface area contributed by atoms with Gasteiger partial charge in [-0.1, -0.05) is 90.4 Å². The van der Waals surface area contributed by atoms with E-state index >= 15 is 0 Å². The molecule has 0 bridgehead atoms. The van der Waals surface area contributed by atoms with E-state index in [1.165, 1.54) is 116 Å². The number of nitrogens with one attached hydrogen (secondary N) is 1. The van der Waals surface area contributed by atoms with Crippen LogP contribution in [0.2, 0.25) is 0 Å². The van der Waals surface area contributed by atoms with Gasteiger partial charge in [0.1, 0.15) is 0 Å². The summed E-state index contributed by atoms with van der Waals surface area (Å²) in [5, 5.41) is 3.53. The summed E-state index contributed by atoms with van der Waals surface area (Å²) in [6, 6.07) is 0. The van der Waals surface area contributed by atoms with Crippen molar-refractivity contribution in [2.24, 2.45) is 5.92 Å². The Morgan fingerprint density at radius 1 is 0.762 bits per heavy atom. The molecule has 0 aromatic carbocycles. The van der Waals surface area contributed by atoms with Gasteiger partial charge in [-0.05, 0) is 38.3 Å². The lowest BCUT2D eigenvalue weighted by Crippen LogP contribution is -2.29. The number of hydrogen-bond donors (Lipinski definition) is 1. The zero-order chi connectivity index (χ0) is 15.0. The second kappa shape index (κ2) is 14.9. The summed E-state index contributed by atoms with van der Waals surface area (Å²) in [6.45, 7) is 4.85. The Hall–Kier alpha value is -0.0400. The zero-order valence-electron chi connectivity index (χ0n) is 14.8. The molecule has 1 aliphatic heterocycles. The van der Waals surface area contributed by atoms with Gasteiger partial charge >= 0.3 is 0 Å². The molecule has 1 saturated heterocycles. The highest BCUT2D eigenvalue weighted by atomic mass is 14.9. The molecule has 1 atom stereocenters. The molecule has 1 heteroatoms. The Labute approximate surface area is 136 Å². The van der Waals surface area contributed by atoms with Crippen molar-refractivity contribution in [3.63, 3.8) is 0 Å². The molecule has 0 aromatic rings. The van der Waals surface area contributed by atoms with Crippen LogP contribution in [0.4, 0.5) is 0 Å². The predicted octanol–water partition coefficient (Wildman–Crippen LogP) is 6.71. The standard InChI is InChI=1S/C20H41N.H2/c1-2-3-4-5-6-7-8-9-10-11-12-13-14-16-20-17-15-18-21-19-20;/h20-21H,2-19H2,1H3;1H. The van der Waals surface area contributed by atoms with Gasteiger partial charge in [-0.3, -0.25) is 0 Å². The topological polar surface area (TPSA) is 12.0 Å². The number of hydrogen-bond acceptors (Lipinski definition) is 1. The summed E-state index contributed by atoms with van der Waals surface area (Å²) < 4.78 is 0. The average molecular weight is 298 g/mol. The molecule has 0 spiro atoms. The third kappa shape index (κ3) is 12.2. The lowest BCUT2D eigenvalue weighted by molar-refractivity contribution is 0.345. The van der Waals surface area contributed by atoms with Crippen LogP contribution in [0.1, 0.15) is 111 Å². The highest BCUT2D eigenvalue weighted by Gasteiger charge is 2.11. The van der Waals surface area contributed by atoms with E-state index in [9.17, 15) is 0 Å². The van der Waals surface area contributed by atoms with Crippen LogP contribution < -0.4 is 5.32 Å². The van der Waals surface area contributed by atoms with E-state index in [0.717, 1.165) is 5.92 Å². The van der Waals surface area contributed by atoms with E-state index in [-0.39, 0.29) is 1.43 Å². The molecule has 0 saturated carbocycles. The summed E-state index contributed by atoms with van der Waals surface area (Å²) in [5.74, 6) is 0.992. The first-order chi connectivity index (χ1) is 10.4. The van der Waals surface area contributed by atoms with Gasteiger partial charge in [0, 0.05) is 1.43 Å². The minimum Gasteiger partial charge on any atom is -0.316 e. The van der Waals surface area contributed by atoms with Crippen LogP contribution in [0.25, 0.3) is 0 Å². The molecule has 0 aromatic heterocycles. The van der Waals surface area contributed by atoms with Crippen LogP contribution in [0.3, 0.4) is 0 Å². The maximum Gasteiger partial charge on any atom is 0 e. The van der Waals surface area contributed by atoms with Crippen LogP contribution in [0.15, 0.2) is 0 Å². The molecule has 1 heterocycles. The fourth-order valence-electron chi connectivity index (χ4n) is 3.62. The van der Waals surface area contributed by atoms with Crippen LogP contribution in [0, 0.1) is 5.92 Å². The van der Waals surface area contributed by atoms with Gasteiger partial charge in [0.15, 0.2) is 0 Å². The Balaban J connectivity index is 0.00000441. The summed E-state index contributed by atoms with van der Waals surface area (Å²) in [4.78, 5) is 0. The van der Waals surface area contributed by atoms with E-state index in [1.54, 1.807) is 0 Å². The van der Waals surface area contributed by atoms with Crippen LogP contribution in [-0.4, -0.2) is 13.1 Å². The fraction of sp³-hybridized carbons (Fsp3) is 1.00. The number of piperidine rings is 1. The van der Waals surface area contributed by atoms with Crippen molar-refractivity contribution >= 4 is 0 Å². The lowest BCUT2D eigenvalue weighted by Gasteiger charge is -2.22. The molecule has 1 aliphatic rings. The third-order valence-electron chi connectivity index (χ3n) is 5.11. The largest absolute Gasteiger partial charge is 0.316 e. The predicted molar refractivity (Wildman–Crippen MR) is 98.0 cm³/mol. The van der Waals surface area contributed by atoms with Crippen LogP contribution in [0.5, 0.6) is 0 Å². The molecule has 1 rings (SSSR count). The van der Waals surface area contributed by atoms with Crippen molar-refractivity contribution in [1.82, 2.24) is 5.32 Å². The maximum absolute atomic E-state index is 3.53. The highest BCUT2D eigenvalue weighted by Crippen LogP contribution is 2.18. The van der Waals surface area contributed by atoms with Crippen molar-refractivity contribution in [3.05, 3.63) is 0 Å². The average Bonchev–Trinajstić information content (AvgIpc) is 2.53. The van der Waals surface area contributed by atoms with Crippen molar-refractivity contribution in [3.8, 4) is 0 Å². The van der Waals surface area contributed by atoms with Crippen molar-refractivity contribution < 1.29 is 1.43 Å². The number of rotatable bonds is 14. The molecular weight excluding hydrogens is 254 g/mol. The molecule has 128 valence electrons. The van der Waals surface area contributed by atoms with Gasteiger partial charge < -0.3 is 5.32 Å². The van der Waals surface area contributed by atoms with Gasteiger partial charge in [0.2, 0.25) is 0 Å². The molecule has 21 heavy (non-hydrogen) atoms. The Morgan fingerprint density at radius 3 is 1.76 bits per heavy atom. The minimum absolute atomic E-state index is 0. The van der Waals surface area contributed by atoms with Crippen LogP contribution in [-0.2, 0) is 0 Å². The monoisotopic (exact) mass is 297 g/mol. The van der Waals surface area contributed by atoms with E-state index in [0.29, 0.717) is 0 Å². The second-order valence-electron chi connectivity index (χ2n) is 7.24. The first-order valence-corrected chi connectivity index (χ1v) is 10.1. The van der Waals surface area contributed by atoms with Gasteiger partial charge in [-0.2, -0.15) is 0 Å². The molecule has 1 unspecified atom stereocenters. The highest BCUT2D eigenvalue weighted by molar-refractivity contribution is 4.68. The van der Waals surface area contributed by atoms with Gasteiger partial charge in [-0.15, -0.1) is 0 Å². The van der Waals surface area contributed by atoms with Gasteiger partial charge in [-0.25, -0.2) is 0 Å². The summed E-state index contributed by atoms with van der Waals surface area (Å²) in [6.07, 6.45) is 23.5. The Bertz CT molecular complexity index is 202. The van der Waals surface area contributed by atoms with E-state index < -0.39 is 0 Å². The lowest BCUT2D eigenvalue weighted by atomic mass is 9.93. The second-order valence-corrected chi connectivity index (χ2v) is 7.24. The quantitative estimate of drug-likeness (QED) is 0.351. The SMILES string of the molecule is CCCCCCCCCCCCCCCC1CCCNC1.[HH]. The molecule has 1 nitrogen and oxygen atoms in total. The Kier molecular flexibility index (Phi) is 13.5. The molecule has 0 radical (unpaired) electrons. The van der Waals surface area contributed by atoms with Crippen LogP contribution >= 0.6 is 0 Å². The van der Waals surface area contributed by atoms with E-state index in [2.05, 4.69) is 12.2 Å². The molecule has 1 N–H and O–H groups in total. The number of unbranched alkanes of at least 4 members (excludes halogenated alkanes) is 12. The van der Waals surface area contributed by atoms with Crippen molar-refractivity contribution in [2.75, 3.05) is 13.1 Å². The normalized spacial score (nSPS) is 19.0. The minimum atomic E-state index is 0. The fourth-order valence-corrected chi connectivity index (χ4v) is 3.62. The molecule has 0 amide bonds. The first-order valence-electron chi connectivity index (χ1n) is 10.1. The summed E-state index contributed by atoms with van der Waals surface area (Å²) >= 11 is 0. The smallest absolute Gasteiger partial charge is 0 e. The zero-order valence-corrected chi connectivity index (χ0v) is 14.8. The maximum atomic E-state index is 3.53. The Morgan fingerprint density at radius 2 is 1.29 bits per heavy atom. The van der Waals surface area contributed by atoms with Crippen molar-refractivity contribution in [1.29, 1.82) is 0 Å². The summed E-state index contributed by atoms with van der Waals surface area (Å²) in [5.41, 5.74) is 0. The molecule has 1 fully saturated rings. The molecular formula is C20H43N. The van der Waals surface area contributed by atoms with Crippen molar-refractivity contribution in [2.45, 2.75) is 110 Å². The van der Waals surface area contributed by atoms with Gasteiger partial charge in [0.05, 0.1) is 0 Å². The molecule has 0 aliphatic carbocycles.